The van der Waals surface area contributed by atoms with Crippen LogP contribution in [0.15, 0.2) is 47.5 Å². The molecule has 9 heteroatoms. The Morgan fingerprint density at radius 1 is 1.12 bits per heavy atom. The molecule has 0 radical (unpaired) electrons. The Hall–Kier alpha value is -3.13. The first-order valence-electron chi connectivity index (χ1n) is 11.3. The lowest BCUT2D eigenvalue weighted by atomic mass is 9.84. The summed E-state index contributed by atoms with van der Waals surface area (Å²) >= 11 is 5.98. The van der Waals surface area contributed by atoms with Gasteiger partial charge in [0.1, 0.15) is 17.4 Å². The summed E-state index contributed by atoms with van der Waals surface area (Å²) in [7, 11) is 1.56. The fraction of sp³-hybridized carbons (Fsp3) is 0.400. The molecule has 0 atom stereocenters. The maximum Gasteiger partial charge on any atom is 0.407 e. The average molecular weight is 490 g/mol. The Bertz CT molecular complexity index is 1000. The van der Waals surface area contributed by atoms with E-state index in [1.54, 1.807) is 44.4 Å². The number of hydrogen-bond acceptors (Lipinski definition) is 5. The van der Waals surface area contributed by atoms with Crippen LogP contribution in [-0.2, 0) is 4.74 Å². The molecule has 1 fully saturated rings. The van der Waals surface area contributed by atoms with E-state index in [0.717, 1.165) is 25.7 Å². The van der Waals surface area contributed by atoms with E-state index in [-0.39, 0.29) is 22.9 Å². The highest BCUT2D eigenvalue weighted by atomic mass is 35.5. The Morgan fingerprint density at radius 3 is 2.44 bits per heavy atom. The van der Waals surface area contributed by atoms with E-state index in [1.807, 2.05) is 0 Å². The number of ether oxygens (including phenoxy) is 2. The second-order valence-corrected chi connectivity index (χ2v) is 8.59. The van der Waals surface area contributed by atoms with Crippen LogP contribution in [0.25, 0.3) is 0 Å². The molecule has 34 heavy (non-hydrogen) atoms. The van der Waals surface area contributed by atoms with Crippen molar-refractivity contribution in [2.24, 2.45) is 10.9 Å². The summed E-state index contributed by atoms with van der Waals surface area (Å²) in [4.78, 5) is 29.0. The number of carbonyl (C=O) groups is 2. The van der Waals surface area contributed by atoms with Crippen molar-refractivity contribution in [2.45, 2.75) is 45.1 Å². The summed E-state index contributed by atoms with van der Waals surface area (Å²) in [5.41, 5.74) is 0.779. The first-order chi connectivity index (χ1) is 16.4. The quantitative estimate of drug-likeness (QED) is 0.389. The van der Waals surface area contributed by atoms with Gasteiger partial charge in [-0.25, -0.2) is 14.2 Å². The van der Waals surface area contributed by atoms with Crippen molar-refractivity contribution in [3.05, 3.63) is 58.9 Å². The molecular weight excluding hydrogens is 461 g/mol. The van der Waals surface area contributed by atoms with Gasteiger partial charge in [-0.05, 0) is 81.0 Å². The molecule has 182 valence electrons. The Kier molecular flexibility index (Phi) is 9.27. The van der Waals surface area contributed by atoms with Gasteiger partial charge in [-0.1, -0.05) is 11.6 Å². The van der Waals surface area contributed by atoms with E-state index in [2.05, 4.69) is 15.6 Å². The molecular formula is C25H29ClFN3O4. The van der Waals surface area contributed by atoms with E-state index in [4.69, 9.17) is 21.1 Å². The van der Waals surface area contributed by atoms with Crippen LogP contribution in [0, 0.1) is 11.7 Å². The van der Waals surface area contributed by atoms with Crippen LogP contribution in [0.4, 0.5) is 14.9 Å². The maximum absolute atomic E-state index is 13.8. The topological polar surface area (TPSA) is 89.0 Å². The number of amides is 2. The Balaban J connectivity index is 1.71. The van der Waals surface area contributed by atoms with Crippen molar-refractivity contribution in [1.82, 2.24) is 10.6 Å². The molecule has 0 saturated heterocycles. The number of alkyl carbamates (subject to hydrolysis) is 1. The second-order valence-electron chi connectivity index (χ2n) is 8.16. The lowest BCUT2D eigenvalue weighted by Gasteiger charge is -2.29. The van der Waals surface area contributed by atoms with Crippen molar-refractivity contribution >= 4 is 35.1 Å². The van der Waals surface area contributed by atoms with Gasteiger partial charge in [0.25, 0.3) is 5.91 Å². The number of hydrogen-bond donors (Lipinski definition) is 2. The highest BCUT2D eigenvalue weighted by molar-refractivity contribution is 6.30. The molecule has 2 aromatic rings. The number of halogens is 2. The summed E-state index contributed by atoms with van der Waals surface area (Å²) in [6.07, 6.45) is 3.39. The van der Waals surface area contributed by atoms with Gasteiger partial charge in [-0.15, -0.1) is 0 Å². The van der Waals surface area contributed by atoms with Gasteiger partial charge in [-0.3, -0.25) is 4.79 Å². The average Bonchev–Trinajstić information content (AvgIpc) is 2.80. The molecule has 0 spiro atoms. The van der Waals surface area contributed by atoms with Crippen LogP contribution in [0.2, 0.25) is 5.02 Å². The molecule has 0 aliphatic heterocycles. The van der Waals surface area contributed by atoms with E-state index in [1.165, 1.54) is 12.1 Å². The van der Waals surface area contributed by atoms with Crippen molar-refractivity contribution in [3.63, 3.8) is 0 Å². The van der Waals surface area contributed by atoms with Crippen LogP contribution >= 0.6 is 11.6 Å². The minimum atomic E-state index is -0.502. The molecule has 0 bridgehead atoms. The van der Waals surface area contributed by atoms with E-state index in [0.29, 0.717) is 35.9 Å². The fourth-order valence-electron chi connectivity index (χ4n) is 3.95. The minimum absolute atomic E-state index is 0.0617. The summed E-state index contributed by atoms with van der Waals surface area (Å²) in [6.45, 7) is 2.10. The van der Waals surface area contributed by atoms with Gasteiger partial charge in [0, 0.05) is 23.0 Å². The normalized spacial score (nSPS) is 18.2. The van der Waals surface area contributed by atoms with E-state index < -0.39 is 11.9 Å². The molecule has 3 rings (SSSR count). The third kappa shape index (κ3) is 7.73. The zero-order valence-corrected chi connectivity index (χ0v) is 20.0. The molecule has 0 heterocycles. The molecule has 2 N–H and O–H groups in total. The predicted molar refractivity (Wildman–Crippen MR) is 129 cm³/mol. The van der Waals surface area contributed by atoms with E-state index in [9.17, 15) is 14.0 Å². The Labute approximate surface area is 203 Å². The summed E-state index contributed by atoms with van der Waals surface area (Å²) < 4.78 is 23.9. The van der Waals surface area contributed by atoms with Crippen molar-refractivity contribution < 1.29 is 23.5 Å². The number of aliphatic imine (C=N–C) groups is 1. The second kappa shape index (κ2) is 12.4. The highest BCUT2D eigenvalue weighted by Gasteiger charge is 2.24. The molecule has 1 aliphatic rings. The van der Waals surface area contributed by atoms with Crippen LogP contribution in [0.5, 0.6) is 5.75 Å². The lowest BCUT2D eigenvalue weighted by molar-refractivity contribution is 0.0975. The van der Waals surface area contributed by atoms with Gasteiger partial charge in [0.2, 0.25) is 0 Å². The minimum Gasteiger partial charge on any atom is -0.497 e. The third-order valence-electron chi connectivity index (χ3n) is 5.65. The zero-order valence-electron chi connectivity index (χ0n) is 19.3. The monoisotopic (exact) mass is 489 g/mol. The van der Waals surface area contributed by atoms with Gasteiger partial charge in [-0.2, -0.15) is 0 Å². The van der Waals surface area contributed by atoms with Gasteiger partial charge in [0.15, 0.2) is 0 Å². The van der Waals surface area contributed by atoms with Gasteiger partial charge >= 0.3 is 6.09 Å². The molecule has 7 nitrogen and oxygen atoms in total. The third-order valence-corrected chi connectivity index (χ3v) is 5.87. The van der Waals surface area contributed by atoms with Crippen LogP contribution in [0.1, 0.15) is 49.4 Å². The lowest BCUT2D eigenvalue weighted by Crippen LogP contribution is -2.39. The molecule has 0 unspecified atom stereocenters. The number of carbonyl (C=O) groups excluding carboxylic acids is 2. The van der Waals surface area contributed by atoms with Crippen LogP contribution < -0.4 is 15.4 Å². The van der Waals surface area contributed by atoms with Crippen molar-refractivity contribution in [2.75, 3.05) is 13.7 Å². The SMILES string of the molecule is CCOC(=O)NC1CCC(CC(=Nc2cc(F)cc(Cl)c2)NC(=O)c2ccc(OC)cc2)CC1. The first kappa shape index (κ1) is 25.5. The Morgan fingerprint density at radius 2 is 1.82 bits per heavy atom. The van der Waals surface area contributed by atoms with Gasteiger partial charge in [0.05, 0.1) is 19.4 Å². The van der Waals surface area contributed by atoms with Crippen LogP contribution in [0.3, 0.4) is 0 Å². The maximum atomic E-state index is 13.8. The summed E-state index contributed by atoms with van der Waals surface area (Å²) in [5, 5.41) is 5.99. The largest absolute Gasteiger partial charge is 0.497 e. The number of methoxy groups -OCH3 is 1. The molecule has 2 amide bonds. The number of amidine groups is 1. The van der Waals surface area contributed by atoms with Crippen molar-refractivity contribution in [3.8, 4) is 5.75 Å². The van der Waals surface area contributed by atoms with Gasteiger partial charge < -0.3 is 20.1 Å². The number of nitrogens with one attached hydrogen (secondary N) is 2. The smallest absolute Gasteiger partial charge is 0.407 e. The molecule has 1 saturated carbocycles. The first-order valence-corrected chi connectivity index (χ1v) is 11.7. The standard InChI is InChI=1S/C25H29ClFN3O4/c1-3-34-25(32)29-20-8-4-16(5-9-20)12-23(28-21-14-18(26)13-19(27)15-21)30-24(31)17-6-10-22(33-2)11-7-17/h6-7,10-11,13-16,20H,3-5,8-9,12H2,1-2H3,(H,29,32)(H,28,30,31). The fourth-order valence-corrected chi connectivity index (χ4v) is 4.17. The number of benzene rings is 2. The van der Waals surface area contributed by atoms with Crippen LogP contribution in [-0.4, -0.2) is 37.6 Å². The van der Waals surface area contributed by atoms with E-state index >= 15 is 0 Å². The van der Waals surface area contributed by atoms with Crippen molar-refractivity contribution in [1.29, 1.82) is 0 Å². The summed E-state index contributed by atoms with van der Waals surface area (Å²) in [5.74, 6) is 0.510. The molecule has 2 aromatic carbocycles. The summed E-state index contributed by atoms with van der Waals surface area (Å²) in [6, 6.07) is 10.8. The number of rotatable bonds is 7. The molecule has 0 aromatic heterocycles. The predicted octanol–water partition coefficient (Wildman–Crippen LogP) is 5.64. The zero-order chi connectivity index (χ0) is 24.5. The molecule has 1 aliphatic carbocycles. The number of nitrogens with zero attached hydrogens (tertiary/aromatic N) is 1. The highest BCUT2D eigenvalue weighted by Crippen LogP contribution is 2.28.